The molecule has 0 spiro atoms. The Hall–Kier alpha value is -1.55. The highest BCUT2D eigenvalue weighted by Gasteiger charge is 2.11. The maximum absolute atomic E-state index is 11.3. The predicted octanol–water partition coefficient (Wildman–Crippen LogP) is 1.46. The van der Waals surface area contributed by atoms with E-state index in [1.54, 1.807) is 12.1 Å². The van der Waals surface area contributed by atoms with Gasteiger partial charge in [-0.2, -0.15) is 0 Å². The summed E-state index contributed by atoms with van der Waals surface area (Å²) in [4.78, 5) is 21.7. The lowest BCUT2D eigenvalue weighted by molar-refractivity contribution is 0.0966. The first-order valence-electron chi connectivity index (χ1n) is 3.87. The predicted molar refractivity (Wildman–Crippen MR) is 53.2 cm³/mol. The van der Waals surface area contributed by atoms with Crippen LogP contribution in [0.4, 0.5) is 4.79 Å². The minimum Gasteiger partial charge on any atom is -0.351 e. The summed E-state index contributed by atoms with van der Waals surface area (Å²) in [7, 11) is 0. The number of aryl methyl sites for hydroxylation is 1. The smallest absolute Gasteiger partial charge is 0.319 e. The zero-order chi connectivity index (χ0) is 10.7. The zero-order valence-corrected chi connectivity index (χ0v) is 8.26. The van der Waals surface area contributed by atoms with Gasteiger partial charge in [0.15, 0.2) is 0 Å². The molecule has 0 heterocycles. The van der Waals surface area contributed by atoms with Gasteiger partial charge in [-0.15, -0.1) is 0 Å². The highest BCUT2D eigenvalue weighted by molar-refractivity contribution is 6.34. The highest BCUT2D eigenvalue weighted by atomic mass is 35.5. The second-order valence-electron chi connectivity index (χ2n) is 2.80. The molecule has 74 valence electrons. The van der Waals surface area contributed by atoms with Gasteiger partial charge in [0.25, 0.3) is 5.91 Å². The lowest BCUT2D eigenvalue weighted by atomic mass is 10.1. The summed E-state index contributed by atoms with van der Waals surface area (Å²) in [6.45, 7) is 1.85. The fourth-order valence-electron chi connectivity index (χ4n) is 0.984. The Kier molecular flexibility index (Phi) is 3.09. The van der Waals surface area contributed by atoms with Crippen molar-refractivity contribution in [3.63, 3.8) is 0 Å². The van der Waals surface area contributed by atoms with Crippen molar-refractivity contribution in [1.82, 2.24) is 5.32 Å². The van der Waals surface area contributed by atoms with Crippen molar-refractivity contribution < 1.29 is 9.59 Å². The molecule has 0 radical (unpaired) electrons. The quantitative estimate of drug-likeness (QED) is 0.740. The summed E-state index contributed by atoms with van der Waals surface area (Å²) >= 11 is 5.79. The van der Waals surface area contributed by atoms with Crippen LogP contribution < -0.4 is 11.1 Å². The van der Waals surface area contributed by atoms with E-state index in [4.69, 9.17) is 17.3 Å². The topological polar surface area (TPSA) is 72.2 Å². The molecule has 4 nitrogen and oxygen atoms in total. The molecule has 14 heavy (non-hydrogen) atoms. The molecule has 3 amide bonds. The summed E-state index contributed by atoms with van der Waals surface area (Å²) in [6, 6.07) is 4.00. The fraction of sp³-hybridized carbons (Fsp3) is 0.111. The number of hydrogen-bond acceptors (Lipinski definition) is 2. The fourth-order valence-corrected chi connectivity index (χ4v) is 1.30. The molecule has 0 bridgehead atoms. The third kappa shape index (κ3) is 2.47. The number of primary amides is 1. The van der Waals surface area contributed by atoms with Crippen LogP contribution in [0.5, 0.6) is 0 Å². The first kappa shape index (κ1) is 10.5. The van der Waals surface area contributed by atoms with Crippen LogP contribution in [0.2, 0.25) is 5.02 Å². The normalized spacial score (nSPS) is 9.57. The molecule has 0 aromatic heterocycles. The second kappa shape index (κ2) is 4.11. The van der Waals surface area contributed by atoms with Gasteiger partial charge < -0.3 is 5.73 Å². The number of urea groups is 1. The van der Waals surface area contributed by atoms with E-state index in [1.165, 1.54) is 6.07 Å². The van der Waals surface area contributed by atoms with Crippen LogP contribution in [0, 0.1) is 6.92 Å². The molecule has 0 aliphatic heterocycles. The molecule has 0 unspecified atom stereocenters. The van der Waals surface area contributed by atoms with Gasteiger partial charge in [-0.3, -0.25) is 10.1 Å². The highest BCUT2D eigenvalue weighted by Crippen LogP contribution is 2.17. The molecule has 1 aromatic carbocycles. The first-order chi connectivity index (χ1) is 6.50. The summed E-state index contributed by atoms with van der Waals surface area (Å²) < 4.78 is 0. The lowest BCUT2D eigenvalue weighted by Crippen LogP contribution is -2.35. The molecular weight excluding hydrogens is 204 g/mol. The van der Waals surface area contributed by atoms with E-state index in [0.717, 1.165) is 5.56 Å². The number of rotatable bonds is 1. The van der Waals surface area contributed by atoms with Gasteiger partial charge >= 0.3 is 6.03 Å². The van der Waals surface area contributed by atoms with Crippen molar-refractivity contribution in [3.05, 3.63) is 34.3 Å². The van der Waals surface area contributed by atoms with Crippen molar-refractivity contribution in [1.29, 1.82) is 0 Å². The average molecular weight is 213 g/mol. The molecule has 0 fully saturated rings. The van der Waals surface area contributed by atoms with Gasteiger partial charge in [0.1, 0.15) is 0 Å². The van der Waals surface area contributed by atoms with Crippen LogP contribution in [0.15, 0.2) is 18.2 Å². The van der Waals surface area contributed by atoms with Crippen molar-refractivity contribution in [3.8, 4) is 0 Å². The Bertz CT molecular complexity index is 390. The summed E-state index contributed by atoms with van der Waals surface area (Å²) in [5.41, 5.74) is 5.96. The maximum Gasteiger partial charge on any atom is 0.319 e. The molecular formula is C9H9ClN2O2. The van der Waals surface area contributed by atoms with E-state index in [-0.39, 0.29) is 5.56 Å². The molecule has 0 aliphatic carbocycles. The summed E-state index contributed by atoms with van der Waals surface area (Å²) in [5.74, 6) is -0.595. The Morgan fingerprint density at radius 3 is 2.57 bits per heavy atom. The van der Waals surface area contributed by atoms with Crippen LogP contribution >= 0.6 is 11.6 Å². The molecule has 0 atom stereocenters. The second-order valence-corrected chi connectivity index (χ2v) is 3.21. The molecule has 3 N–H and O–H groups in total. The number of hydrogen-bond donors (Lipinski definition) is 2. The van der Waals surface area contributed by atoms with Gasteiger partial charge in [-0.25, -0.2) is 4.79 Å². The number of carbonyl (C=O) groups is 2. The summed E-state index contributed by atoms with van der Waals surface area (Å²) in [5, 5.41) is 2.23. The average Bonchev–Trinajstić information content (AvgIpc) is 2.01. The number of nitrogens with one attached hydrogen (secondary N) is 1. The number of imide groups is 1. The Labute approximate surface area is 86.0 Å². The molecule has 0 saturated carbocycles. The minimum atomic E-state index is -0.897. The molecule has 0 aliphatic rings. The molecule has 5 heteroatoms. The van der Waals surface area contributed by atoms with Gasteiger partial charge in [-0.05, 0) is 24.6 Å². The zero-order valence-electron chi connectivity index (χ0n) is 7.50. The van der Waals surface area contributed by atoms with E-state index >= 15 is 0 Å². The van der Waals surface area contributed by atoms with Crippen LogP contribution in [0.3, 0.4) is 0 Å². The first-order valence-corrected chi connectivity index (χ1v) is 4.25. The van der Waals surface area contributed by atoms with E-state index < -0.39 is 11.9 Å². The van der Waals surface area contributed by atoms with Crippen LogP contribution in [0.1, 0.15) is 15.9 Å². The SMILES string of the molecule is Cc1ccc(C(=O)NC(N)=O)c(Cl)c1. The van der Waals surface area contributed by atoms with Crippen molar-refractivity contribution in [2.24, 2.45) is 5.73 Å². The molecule has 0 saturated heterocycles. The maximum atomic E-state index is 11.3. The van der Waals surface area contributed by atoms with Gasteiger partial charge in [-0.1, -0.05) is 17.7 Å². The van der Waals surface area contributed by atoms with E-state index in [9.17, 15) is 9.59 Å². The van der Waals surface area contributed by atoms with Crippen molar-refractivity contribution in [2.75, 3.05) is 0 Å². The largest absolute Gasteiger partial charge is 0.351 e. The number of carbonyl (C=O) groups excluding carboxylic acids is 2. The number of amides is 3. The monoisotopic (exact) mass is 212 g/mol. The van der Waals surface area contributed by atoms with Gasteiger partial charge in [0.2, 0.25) is 0 Å². The van der Waals surface area contributed by atoms with Crippen molar-refractivity contribution in [2.45, 2.75) is 6.92 Å². The van der Waals surface area contributed by atoms with E-state index in [1.807, 2.05) is 12.2 Å². The number of benzene rings is 1. The molecule has 1 aromatic rings. The molecule has 1 rings (SSSR count). The van der Waals surface area contributed by atoms with Crippen molar-refractivity contribution >= 4 is 23.5 Å². The Balaban J connectivity index is 2.96. The standard InChI is InChI=1S/C9H9ClN2O2/c1-5-2-3-6(7(10)4-5)8(13)12-9(11)14/h2-4H,1H3,(H3,11,12,13,14). The third-order valence-corrected chi connectivity index (χ3v) is 1.92. The van der Waals surface area contributed by atoms with E-state index in [0.29, 0.717) is 5.02 Å². The number of nitrogens with two attached hydrogens (primary N) is 1. The Morgan fingerprint density at radius 1 is 1.43 bits per heavy atom. The van der Waals surface area contributed by atoms with Crippen LogP contribution in [-0.4, -0.2) is 11.9 Å². The third-order valence-electron chi connectivity index (χ3n) is 1.61. The Morgan fingerprint density at radius 2 is 2.07 bits per heavy atom. The van der Waals surface area contributed by atoms with Crippen LogP contribution in [-0.2, 0) is 0 Å². The van der Waals surface area contributed by atoms with E-state index in [2.05, 4.69) is 0 Å². The number of halogens is 1. The lowest BCUT2D eigenvalue weighted by Gasteiger charge is -2.03. The summed E-state index contributed by atoms with van der Waals surface area (Å²) in [6.07, 6.45) is 0. The van der Waals surface area contributed by atoms with Gasteiger partial charge in [0.05, 0.1) is 10.6 Å². The van der Waals surface area contributed by atoms with Gasteiger partial charge in [0, 0.05) is 0 Å². The minimum absolute atomic E-state index is 0.232. The van der Waals surface area contributed by atoms with Crippen LogP contribution in [0.25, 0.3) is 0 Å².